The Morgan fingerprint density at radius 1 is 1.26 bits per heavy atom. The van der Waals surface area contributed by atoms with E-state index >= 15 is 0 Å². The summed E-state index contributed by atoms with van der Waals surface area (Å²) in [5.41, 5.74) is 0.865. The second kappa shape index (κ2) is 6.64. The number of hydrogen-bond acceptors (Lipinski definition) is 6. The highest BCUT2D eigenvalue weighted by Crippen LogP contribution is 2.16. The van der Waals surface area contributed by atoms with Crippen molar-refractivity contribution in [1.29, 1.82) is 0 Å². The van der Waals surface area contributed by atoms with Gasteiger partial charge in [-0.3, -0.25) is 9.48 Å². The molecule has 1 aliphatic rings. The molecule has 2 aromatic heterocycles. The van der Waals surface area contributed by atoms with Crippen LogP contribution in [0.3, 0.4) is 0 Å². The third kappa shape index (κ3) is 3.58. The number of ether oxygens (including phenoxy) is 1. The van der Waals surface area contributed by atoms with Crippen molar-refractivity contribution in [2.45, 2.75) is 13.5 Å². The molecule has 0 bridgehead atoms. The number of piperazine rings is 1. The maximum Gasteiger partial charge on any atom is 0.244 e. The van der Waals surface area contributed by atoms with Gasteiger partial charge in [-0.2, -0.15) is 10.1 Å². The lowest BCUT2D eigenvalue weighted by molar-refractivity contribution is -0.132. The van der Waals surface area contributed by atoms with E-state index in [-0.39, 0.29) is 12.5 Å². The van der Waals surface area contributed by atoms with E-state index in [0.29, 0.717) is 38.0 Å². The van der Waals surface area contributed by atoms with E-state index in [1.807, 2.05) is 17.9 Å². The molecule has 1 fully saturated rings. The van der Waals surface area contributed by atoms with Crippen molar-refractivity contribution in [3.8, 4) is 5.88 Å². The second-order valence-corrected chi connectivity index (χ2v) is 5.42. The fourth-order valence-electron chi connectivity index (χ4n) is 2.56. The maximum atomic E-state index is 12.3. The highest BCUT2D eigenvalue weighted by Gasteiger charge is 2.23. The van der Waals surface area contributed by atoms with Gasteiger partial charge in [0.2, 0.25) is 17.7 Å². The smallest absolute Gasteiger partial charge is 0.244 e. The fourth-order valence-corrected chi connectivity index (χ4v) is 2.56. The van der Waals surface area contributed by atoms with Gasteiger partial charge >= 0.3 is 0 Å². The van der Waals surface area contributed by atoms with E-state index < -0.39 is 0 Å². The van der Waals surface area contributed by atoms with E-state index in [1.54, 1.807) is 30.3 Å². The van der Waals surface area contributed by atoms with Gasteiger partial charge in [-0.05, 0) is 13.0 Å². The first kappa shape index (κ1) is 15.3. The minimum absolute atomic E-state index is 0.0797. The van der Waals surface area contributed by atoms with Gasteiger partial charge in [-0.25, -0.2) is 4.98 Å². The number of methoxy groups -OCH3 is 1. The van der Waals surface area contributed by atoms with Gasteiger partial charge in [0.1, 0.15) is 6.54 Å². The number of aryl methyl sites for hydroxylation is 1. The molecule has 1 aliphatic heterocycles. The largest absolute Gasteiger partial charge is 0.481 e. The molecular weight excluding hydrogens is 296 g/mol. The Morgan fingerprint density at radius 3 is 2.70 bits per heavy atom. The molecule has 1 saturated heterocycles. The van der Waals surface area contributed by atoms with Gasteiger partial charge in [-0.15, -0.1) is 0 Å². The quantitative estimate of drug-likeness (QED) is 0.809. The van der Waals surface area contributed by atoms with Gasteiger partial charge in [-0.1, -0.05) is 0 Å². The lowest BCUT2D eigenvalue weighted by Crippen LogP contribution is -2.50. The van der Waals surface area contributed by atoms with Crippen molar-refractivity contribution >= 4 is 11.9 Å². The van der Waals surface area contributed by atoms with Crippen LogP contribution >= 0.6 is 0 Å². The Hall–Kier alpha value is -2.64. The van der Waals surface area contributed by atoms with Crippen molar-refractivity contribution < 1.29 is 9.53 Å². The molecule has 3 heterocycles. The molecule has 0 aromatic carbocycles. The number of nitrogens with zero attached hydrogens (tertiary/aromatic N) is 6. The number of carbonyl (C=O) groups excluding carboxylic acids is 1. The van der Waals surface area contributed by atoms with Gasteiger partial charge in [0.25, 0.3) is 0 Å². The first-order valence-electron chi connectivity index (χ1n) is 7.55. The summed E-state index contributed by atoms with van der Waals surface area (Å²) in [6.45, 7) is 4.91. The molecule has 23 heavy (non-hydrogen) atoms. The number of anilines is 1. The van der Waals surface area contributed by atoms with Crippen LogP contribution in [-0.2, 0) is 11.3 Å². The zero-order valence-corrected chi connectivity index (χ0v) is 13.3. The number of carbonyl (C=O) groups is 1. The predicted molar refractivity (Wildman–Crippen MR) is 84.3 cm³/mol. The summed E-state index contributed by atoms with van der Waals surface area (Å²) < 4.78 is 6.83. The standard InChI is InChI=1S/C15H20N6O2/c1-12-10-13(23-2)18-15(17-12)20-8-6-19(7-9-20)14(22)11-21-5-3-4-16-21/h3-5,10H,6-9,11H2,1-2H3. The van der Waals surface area contributed by atoms with Crippen LogP contribution in [0.25, 0.3) is 0 Å². The molecule has 0 unspecified atom stereocenters. The van der Waals surface area contributed by atoms with Crippen molar-refractivity contribution in [3.63, 3.8) is 0 Å². The molecular formula is C15H20N6O2. The Kier molecular flexibility index (Phi) is 4.40. The minimum Gasteiger partial charge on any atom is -0.481 e. The lowest BCUT2D eigenvalue weighted by atomic mass is 10.3. The molecule has 8 heteroatoms. The SMILES string of the molecule is COc1cc(C)nc(N2CCN(C(=O)Cn3cccn3)CC2)n1. The molecule has 0 radical (unpaired) electrons. The summed E-state index contributed by atoms with van der Waals surface area (Å²) in [7, 11) is 1.59. The van der Waals surface area contributed by atoms with E-state index in [1.165, 1.54) is 0 Å². The zero-order valence-electron chi connectivity index (χ0n) is 13.3. The van der Waals surface area contributed by atoms with Crippen LogP contribution in [0, 0.1) is 6.92 Å². The monoisotopic (exact) mass is 316 g/mol. The van der Waals surface area contributed by atoms with Gasteiger partial charge < -0.3 is 14.5 Å². The van der Waals surface area contributed by atoms with Crippen LogP contribution in [0.15, 0.2) is 24.5 Å². The van der Waals surface area contributed by atoms with Crippen LogP contribution in [0.1, 0.15) is 5.69 Å². The third-order valence-electron chi connectivity index (χ3n) is 3.80. The Morgan fingerprint density at radius 2 is 2.04 bits per heavy atom. The van der Waals surface area contributed by atoms with Gasteiger partial charge in [0, 0.05) is 50.3 Å². The highest BCUT2D eigenvalue weighted by molar-refractivity contribution is 5.76. The number of aromatic nitrogens is 4. The molecule has 0 N–H and O–H groups in total. The van der Waals surface area contributed by atoms with Crippen molar-refractivity contribution in [3.05, 3.63) is 30.2 Å². The molecule has 0 aliphatic carbocycles. The van der Waals surface area contributed by atoms with Crippen LogP contribution in [0.4, 0.5) is 5.95 Å². The van der Waals surface area contributed by atoms with Crippen LogP contribution < -0.4 is 9.64 Å². The summed E-state index contributed by atoms with van der Waals surface area (Å²) in [4.78, 5) is 25.0. The molecule has 1 amide bonds. The van der Waals surface area contributed by atoms with E-state index in [9.17, 15) is 4.79 Å². The second-order valence-electron chi connectivity index (χ2n) is 5.42. The Labute approximate surface area is 134 Å². The summed E-state index contributed by atoms with van der Waals surface area (Å²) in [5, 5.41) is 4.07. The fraction of sp³-hybridized carbons (Fsp3) is 0.467. The zero-order chi connectivity index (χ0) is 16.2. The molecule has 3 rings (SSSR count). The number of hydrogen-bond donors (Lipinski definition) is 0. The number of amides is 1. The topological polar surface area (TPSA) is 76.4 Å². The average molecular weight is 316 g/mol. The van der Waals surface area contributed by atoms with Gasteiger partial charge in [0.05, 0.1) is 7.11 Å². The molecule has 8 nitrogen and oxygen atoms in total. The molecule has 2 aromatic rings. The first-order valence-corrected chi connectivity index (χ1v) is 7.55. The Balaban J connectivity index is 1.60. The van der Waals surface area contributed by atoms with E-state index in [2.05, 4.69) is 20.0 Å². The summed E-state index contributed by atoms with van der Waals surface area (Å²) in [5.74, 6) is 1.29. The Bertz CT molecular complexity index is 665. The summed E-state index contributed by atoms with van der Waals surface area (Å²) in [6, 6.07) is 3.61. The normalized spacial score (nSPS) is 14.9. The average Bonchev–Trinajstić information content (AvgIpc) is 3.07. The lowest BCUT2D eigenvalue weighted by Gasteiger charge is -2.34. The van der Waals surface area contributed by atoms with Crippen LogP contribution in [0.5, 0.6) is 5.88 Å². The molecule has 0 atom stereocenters. The maximum absolute atomic E-state index is 12.3. The summed E-state index contributed by atoms with van der Waals surface area (Å²) >= 11 is 0. The van der Waals surface area contributed by atoms with Crippen molar-refractivity contribution in [2.24, 2.45) is 0 Å². The van der Waals surface area contributed by atoms with Crippen LogP contribution in [0.2, 0.25) is 0 Å². The predicted octanol–water partition coefficient (Wildman–Crippen LogP) is 0.339. The van der Waals surface area contributed by atoms with E-state index in [0.717, 1.165) is 5.69 Å². The van der Waals surface area contributed by atoms with Crippen molar-refractivity contribution in [2.75, 3.05) is 38.2 Å². The first-order chi connectivity index (χ1) is 11.2. The molecule has 0 spiro atoms. The highest BCUT2D eigenvalue weighted by atomic mass is 16.5. The third-order valence-corrected chi connectivity index (χ3v) is 3.80. The minimum atomic E-state index is 0.0797. The molecule has 122 valence electrons. The van der Waals surface area contributed by atoms with Gasteiger partial charge in [0.15, 0.2) is 0 Å². The molecule has 0 saturated carbocycles. The number of rotatable bonds is 4. The van der Waals surface area contributed by atoms with E-state index in [4.69, 9.17) is 4.74 Å². The van der Waals surface area contributed by atoms with Crippen LogP contribution in [-0.4, -0.2) is 63.8 Å². The van der Waals surface area contributed by atoms with Crippen molar-refractivity contribution in [1.82, 2.24) is 24.6 Å². The summed E-state index contributed by atoms with van der Waals surface area (Å²) in [6.07, 6.45) is 3.47.